The summed E-state index contributed by atoms with van der Waals surface area (Å²) in [5, 5.41) is -0.207. The second-order valence-electron chi connectivity index (χ2n) is 4.64. The van der Waals surface area contributed by atoms with Crippen molar-refractivity contribution in [1.29, 1.82) is 0 Å². The van der Waals surface area contributed by atoms with E-state index in [0.717, 1.165) is 36.6 Å². The predicted octanol–water partition coefficient (Wildman–Crippen LogP) is 4.35. The van der Waals surface area contributed by atoms with Gasteiger partial charge in [0.05, 0.1) is 12.0 Å². The Morgan fingerprint density at radius 2 is 2.00 bits per heavy atom. The highest BCUT2D eigenvalue weighted by molar-refractivity contribution is 14.1. The van der Waals surface area contributed by atoms with E-state index in [-0.39, 0.29) is 17.8 Å². The largest absolute Gasteiger partial charge is 0.479 e. The van der Waals surface area contributed by atoms with Crippen molar-refractivity contribution < 1.29 is 14.3 Å². The standard InChI is InChI=1S/C16H13I2NO3S/c1-3-5-19-15(20)13(23-16(19)21)9-10-7-11(17)14(12(18)8-10)22-6-4-2/h2,7-9H,3,5-6H2,1H3/b13-9+. The summed E-state index contributed by atoms with van der Waals surface area (Å²) in [6.07, 6.45) is 7.71. The molecule has 4 nitrogen and oxygen atoms in total. The molecular weight excluding hydrogens is 540 g/mol. The Morgan fingerprint density at radius 3 is 2.57 bits per heavy atom. The lowest BCUT2D eigenvalue weighted by molar-refractivity contribution is -0.122. The SMILES string of the molecule is C#CCOc1c(I)cc(/C=C2/SC(=O)N(CCC)C2=O)cc1I. The molecule has 0 saturated carbocycles. The average molecular weight is 553 g/mol. The number of carbonyl (C=O) groups is 2. The minimum atomic E-state index is -0.223. The normalized spacial score (nSPS) is 16.1. The summed E-state index contributed by atoms with van der Waals surface area (Å²) < 4.78 is 7.34. The summed E-state index contributed by atoms with van der Waals surface area (Å²) in [6, 6.07) is 3.81. The van der Waals surface area contributed by atoms with Crippen molar-refractivity contribution in [2.45, 2.75) is 13.3 Å². The fourth-order valence-electron chi connectivity index (χ4n) is 1.98. The maximum absolute atomic E-state index is 12.3. The molecule has 0 unspecified atom stereocenters. The number of benzene rings is 1. The molecule has 0 spiro atoms. The monoisotopic (exact) mass is 553 g/mol. The topological polar surface area (TPSA) is 46.6 Å². The quantitative estimate of drug-likeness (QED) is 0.309. The molecule has 1 aliphatic rings. The molecule has 2 amide bonds. The van der Waals surface area contributed by atoms with Gasteiger partial charge < -0.3 is 4.74 Å². The van der Waals surface area contributed by atoms with E-state index in [9.17, 15) is 9.59 Å². The average Bonchev–Trinajstić information content (AvgIpc) is 2.74. The van der Waals surface area contributed by atoms with E-state index >= 15 is 0 Å². The number of amides is 2. The van der Waals surface area contributed by atoms with Gasteiger partial charge in [-0.05, 0) is 87.1 Å². The van der Waals surface area contributed by atoms with E-state index < -0.39 is 0 Å². The fraction of sp³-hybridized carbons (Fsp3) is 0.250. The van der Waals surface area contributed by atoms with Gasteiger partial charge in [0, 0.05) is 6.54 Å². The molecule has 0 aliphatic carbocycles. The highest BCUT2D eigenvalue weighted by Gasteiger charge is 2.34. The van der Waals surface area contributed by atoms with Crippen molar-refractivity contribution in [3.05, 3.63) is 29.7 Å². The molecule has 2 rings (SSSR count). The number of nitrogens with zero attached hydrogens (tertiary/aromatic N) is 1. The summed E-state index contributed by atoms with van der Waals surface area (Å²) in [4.78, 5) is 25.9. The molecule has 0 atom stereocenters. The van der Waals surface area contributed by atoms with E-state index in [1.54, 1.807) is 6.08 Å². The van der Waals surface area contributed by atoms with Crippen molar-refractivity contribution in [2.75, 3.05) is 13.2 Å². The third kappa shape index (κ3) is 4.42. The maximum atomic E-state index is 12.3. The van der Waals surface area contributed by atoms with Gasteiger partial charge in [-0.15, -0.1) is 6.42 Å². The van der Waals surface area contributed by atoms with E-state index in [1.807, 2.05) is 19.1 Å². The van der Waals surface area contributed by atoms with Gasteiger partial charge in [0.15, 0.2) is 0 Å². The van der Waals surface area contributed by atoms with Crippen LogP contribution < -0.4 is 4.74 Å². The highest BCUT2D eigenvalue weighted by atomic mass is 127. The van der Waals surface area contributed by atoms with E-state index in [1.165, 1.54) is 4.90 Å². The maximum Gasteiger partial charge on any atom is 0.293 e. The van der Waals surface area contributed by atoms with E-state index in [2.05, 4.69) is 51.1 Å². The van der Waals surface area contributed by atoms with Gasteiger partial charge >= 0.3 is 0 Å². The molecule has 1 aromatic carbocycles. The number of imide groups is 1. The molecule has 1 aromatic rings. The lowest BCUT2D eigenvalue weighted by Gasteiger charge is -2.10. The first-order valence-electron chi connectivity index (χ1n) is 6.78. The summed E-state index contributed by atoms with van der Waals surface area (Å²) >= 11 is 5.32. The Kier molecular flexibility index (Phi) is 6.79. The van der Waals surface area contributed by atoms with E-state index in [0.29, 0.717) is 11.4 Å². The van der Waals surface area contributed by atoms with Gasteiger partial charge in [-0.25, -0.2) is 0 Å². The van der Waals surface area contributed by atoms with Gasteiger partial charge in [0.2, 0.25) is 0 Å². The molecule has 0 bridgehead atoms. The second kappa shape index (κ2) is 8.39. The van der Waals surface area contributed by atoms with Gasteiger partial charge in [-0.3, -0.25) is 14.5 Å². The van der Waals surface area contributed by atoms with Crippen LogP contribution in [-0.2, 0) is 4.79 Å². The second-order valence-corrected chi connectivity index (χ2v) is 7.96. The predicted molar refractivity (Wildman–Crippen MR) is 109 cm³/mol. The van der Waals surface area contributed by atoms with Gasteiger partial charge in [0.25, 0.3) is 11.1 Å². The van der Waals surface area contributed by atoms with Crippen LogP contribution >= 0.6 is 56.9 Å². The number of thioether (sulfide) groups is 1. The van der Waals surface area contributed by atoms with Crippen molar-refractivity contribution in [3.8, 4) is 18.1 Å². The third-order valence-corrected chi connectivity index (χ3v) is 5.45. The molecule has 1 fully saturated rings. The van der Waals surface area contributed by atoms with Crippen LogP contribution in [0, 0.1) is 19.5 Å². The van der Waals surface area contributed by atoms with Crippen molar-refractivity contribution in [1.82, 2.24) is 4.90 Å². The Balaban J connectivity index is 2.28. The van der Waals surface area contributed by atoms with Crippen LogP contribution in [0.1, 0.15) is 18.9 Å². The van der Waals surface area contributed by atoms with Crippen LogP contribution in [0.2, 0.25) is 0 Å². The number of hydrogen-bond donors (Lipinski definition) is 0. The molecule has 1 aliphatic heterocycles. The molecule has 0 aromatic heterocycles. The van der Waals surface area contributed by atoms with Crippen LogP contribution in [-0.4, -0.2) is 29.2 Å². The van der Waals surface area contributed by atoms with Crippen LogP contribution in [0.25, 0.3) is 6.08 Å². The van der Waals surface area contributed by atoms with Crippen LogP contribution in [0.5, 0.6) is 5.75 Å². The molecule has 120 valence electrons. The first-order valence-corrected chi connectivity index (χ1v) is 9.76. The molecule has 1 heterocycles. The minimum Gasteiger partial charge on any atom is -0.479 e. The minimum absolute atomic E-state index is 0.207. The smallest absolute Gasteiger partial charge is 0.293 e. The van der Waals surface area contributed by atoms with Crippen molar-refractivity contribution in [3.63, 3.8) is 0 Å². The Morgan fingerprint density at radius 1 is 1.35 bits per heavy atom. The van der Waals surface area contributed by atoms with Crippen LogP contribution in [0.4, 0.5) is 4.79 Å². The lowest BCUT2D eigenvalue weighted by Crippen LogP contribution is -2.28. The molecule has 23 heavy (non-hydrogen) atoms. The van der Waals surface area contributed by atoms with Gasteiger partial charge in [0.1, 0.15) is 12.4 Å². The van der Waals surface area contributed by atoms with Gasteiger partial charge in [-0.1, -0.05) is 12.8 Å². The fourth-order valence-corrected chi connectivity index (χ4v) is 4.98. The van der Waals surface area contributed by atoms with Gasteiger partial charge in [-0.2, -0.15) is 0 Å². The molecular formula is C16H13I2NO3S. The number of halogens is 2. The summed E-state index contributed by atoms with van der Waals surface area (Å²) in [6.45, 7) is 2.60. The zero-order chi connectivity index (χ0) is 17.0. The Hall–Kier alpha value is -0.730. The molecule has 7 heteroatoms. The highest BCUT2D eigenvalue weighted by Crippen LogP contribution is 2.34. The Bertz CT molecular complexity index is 702. The summed E-state index contributed by atoms with van der Waals surface area (Å²) in [7, 11) is 0. The molecule has 0 N–H and O–H groups in total. The zero-order valence-corrected chi connectivity index (χ0v) is 17.4. The number of rotatable bonds is 5. The molecule has 0 radical (unpaired) electrons. The zero-order valence-electron chi connectivity index (χ0n) is 12.3. The van der Waals surface area contributed by atoms with Crippen molar-refractivity contribution in [2.24, 2.45) is 0 Å². The first-order chi connectivity index (χ1) is 11.0. The van der Waals surface area contributed by atoms with E-state index in [4.69, 9.17) is 11.2 Å². The van der Waals surface area contributed by atoms with Crippen molar-refractivity contribution >= 4 is 74.2 Å². The Labute approximate surface area is 166 Å². The number of ether oxygens (including phenoxy) is 1. The summed E-state index contributed by atoms with van der Waals surface area (Å²) in [5.41, 5.74) is 0.855. The molecule has 1 saturated heterocycles. The van der Waals surface area contributed by atoms with Crippen LogP contribution in [0.3, 0.4) is 0 Å². The van der Waals surface area contributed by atoms with Crippen LogP contribution in [0.15, 0.2) is 17.0 Å². The lowest BCUT2D eigenvalue weighted by atomic mass is 10.2. The number of terminal acetylenes is 1. The first kappa shape index (κ1) is 18.6. The summed E-state index contributed by atoms with van der Waals surface area (Å²) in [5.74, 6) is 2.95. The number of hydrogen-bond acceptors (Lipinski definition) is 4. The third-order valence-electron chi connectivity index (χ3n) is 2.94. The number of carbonyl (C=O) groups excluding carboxylic acids is 2.